The maximum absolute atomic E-state index is 11.6. The van der Waals surface area contributed by atoms with Gasteiger partial charge in [0.2, 0.25) is 0 Å². The SMILES string of the molecule is COc1ccc(C(=O)NCCC#N)cc1Br. The van der Waals surface area contributed by atoms with Crippen molar-refractivity contribution in [2.75, 3.05) is 13.7 Å². The number of rotatable bonds is 4. The van der Waals surface area contributed by atoms with Crippen LogP contribution in [0.15, 0.2) is 22.7 Å². The lowest BCUT2D eigenvalue weighted by molar-refractivity contribution is 0.0954. The van der Waals surface area contributed by atoms with Gasteiger partial charge in [-0.25, -0.2) is 0 Å². The number of methoxy groups -OCH3 is 1. The molecule has 1 rings (SSSR count). The third-order valence-corrected chi connectivity index (χ3v) is 2.56. The van der Waals surface area contributed by atoms with E-state index >= 15 is 0 Å². The number of nitriles is 1. The van der Waals surface area contributed by atoms with E-state index < -0.39 is 0 Å². The highest BCUT2D eigenvalue weighted by Crippen LogP contribution is 2.25. The van der Waals surface area contributed by atoms with Gasteiger partial charge in [0.1, 0.15) is 5.75 Å². The number of nitrogens with zero attached hydrogens (tertiary/aromatic N) is 1. The fourth-order valence-corrected chi connectivity index (χ4v) is 1.68. The predicted molar refractivity (Wildman–Crippen MR) is 63.3 cm³/mol. The van der Waals surface area contributed by atoms with Crippen molar-refractivity contribution in [3.63, 3.8) is 0 Å². The number of carbonyl (C=O) groups is 1. The largest absolute Gasteiger partial charge is 0.496 e. The van der Waals surface area contributed by atoms with E-state index in [4.69, 9.17) is 10.00 Å². The van der Waals surface area contributed by atoms with Gasteiger partial charge in [0.25, 0.3) is 5.91 Å². The van der Waals surface area contributed by atoms with E-state index in [0.29, 0.717) is 24.3 Å². The molecule has 0 radical (unpaired) electrons. The number of hydrogen-bond donors (Lipinski definition) is 1. The summed E-state index contributed by atoms with van der Waals surface area (Å²) in [4.78, 5) is 11.6. The third-order valence-electron chi connectivity index (χ3n) is 1.94. The Bertz CT molecular complexity index is 426. The molecule has 0 aliphatic carbocycles. The molecule has 0 aromatic heterocycles. The van der Waals surface area contributed by atoms with Gasteiger partial charge in [-0.2, -0.15) is 5.26 Å². The summed E-state index contributed by atoms with van der Waals surface area (Å²) in [6.07, 6.45) is 0.309. The highest BCUT2D eigenvalue weighted by molar-refractivity contribution is 9.10. The molecular weight excluding hydrogens is 272 g/mol. The van der Waals surface area contributed by atoms with Crippen LogP contribution in [-0.4, -0.2) is 19.6 Å². The summed E-state index contributed by atoms with van der Waals surface area (Å²) >= 11 is 3.30. The molecule has 5 heteroatoms. The van der Waals surface area contributed by atoms with Crippen molar-refractivity contribution in [2.45, 2.75) is 6.42 Å². The Balaban J connectivity index is 2.70. The second-order valence-corrected chi connectivity index (χ2v) is 3.87. The molecule has 16 heavy (non-hydrogen) atoms. The van der Waals surface area contributed by atoms with Crippen molar-refractivity contribution in [1.29, 1.82) is 5.26 Å². The van der Waals surface area contributed by atoms with Gasteiger partial charge in [-0.05, 0) is 34.1 Å². The summed E-state index contributed by atoms with van der Waals surface area (Å²) in [5, 5.41) is 11.0. The van der Waals surface area contributed by atoms with Gasteiger partial charge in [0.05, 0.1) is 24.1 Å². The van der Waals surface area contributed by atoms with Gasteiger partial charge in [0.15, 0.2) is 0 Å². The average molecular weight is 283 g/mol. The summed E-state index contributed by atoms with van der Waals surface area (Å²) in [5.41, 5.74) is 0.533. The molecule has 0 aliphatic heterocycles. The van der Waals surface area contributed by atoms with Crippen LogP contribution < -0.4 is 10.1 Å². The van der Waals surface area contributed by atoms with Crippen LogP contribution in [0.1, 0.15) is 16.8 Å². The standard InChI is InChI=1S/C11H11BrN2O2/c1-16-10-4-3-8(7-9(10)12)11(15)14-6-2-5-13/h3-4,7H,2,6H2,1H3,(H,14,15). The zero-order valence-corrected chi connectivity index (χ0v) is 10.4. The zero-order valence-electron chi connectivity index (χ0n) is 8.79. The van der Waals surface area contributed by atoms with Gasteiger partial charge in [-0.15, -0.1) is 0 Å². The van der Waals surface area contributed by atoms with E-state index in [0.717, 1.165) is 4.47 Å². The molecule has 84 valence electrons. The van der Waals surface area contributed by atoms with E-state index in [1.54, 1.807) is 25.3 Å². The van der Waals surface area contributed by atoms with E-state index in [-0.39, 0.29) is 5.91 Å². The molecule has 1 N–H and O–H groups in total. The number of nitrogens with one attached hydrogen (secondary N) is 1. The second kappa shape index (κ2) is 6.13. The van der Waals surface area contributed by atoms with Gasteiger partial charge in [-0.1, -0.05) is 0 Å². The van der Waals surface area contributed by atoms with Crippen molar-refractivity contribution >= 4 is 21.8 Å². The van der Waals surface area contributed by atoms with E-state index in [1.165, 1.54) is 0 Å². The van der Waals surface area contributed by atoms with Crippen molar-refractivity contribution in [1.82, 2.24) is 5.32 Å². The summed E-state index contributed by atoms with van der Waals surface area (Å²) in [7, 11) is 1.56. The van der Waals surface area contributed by atoms with E-state index in [2.05, 4.69) is 21.2 Å². The van der Waals surface area contributed by atoms with Crippen LogP contribution in [0.25, 0.3) is 0 Å². The lowest BCUT2D eigenvalue weighted by Gasteiger charge is -2.06. The Morgan fingerprint density at radius 3 is 2.94 bits per heavy atom. The third kappa shape index (κ3) is 3.24. The Kier molecular flexibility index (Phi) is 4.80. The lowest BCUT2D eigenvalue weighted by atomic mass is 10.2. The van der Waals surface area contributed by atoms with E-state index in [9.17, 15) is 4.79 Å². The molecule has 0 bridgehead atoms. The first-order chi connectivity index (χ1) is 7.69. The van der Waals surface area contributed by atoms with Gasteiger partial charge in [0, 0.05) is 12.1 Å². The molecule has 0 unspecified atom stereocenters. The van der Waals surface area contributed by atoms with Crippen molar-refractivity contribution in [2.24, 2.45) is 0 Å². The van der Waals surface area contributed by atoms with E-state index in [1.807, 2.05) is 6.07 Å². The first-order valence-corrected chi connectivity index (χ1v) is 5.47. The van der Waals surface area contributed by atoms with Crippen LogP contribution in [0, 0.1) is 11.3 Å². The summed E-state index contributed by atoms with van der Waals surface area (Å²) in [5.74, 6) is 0.479. The lowest BCUT2D eigenvalue weighted by Crippen LogP contribution is -2.24. The molecule has 1 amide bonds. The van der Waals surface area contributed by atoms with Crippen LogP contribution in [0.2, 0.25) is 0 Å². The fourth-order valence-electron chi connectivity index (χ4n) is 1.14. The molecule has 0 heterocycles. The fraction of sp³-hybridized carbons (Fsp3) is 0.273. The molecule has 0 saturated carbocycles. The minimum atomic E-state index is -0.196. The van der Waals surface area contributed by atoms with Crippen LogP contribution in [-0.2, 0) is 0 Å². The van der Waals surface area contributed by atoms with Crippen molar-refractivity contribution < 1.29 is 9.53 Å². The summed E-state index contributed by atoms with van der Waals surface area (Å²) in [6.45, 7) is 0.360. The monoisotopic (exact) mass is 282 g/mol. The average Bonchev–Trinajstić information content (AvgIpc) is 2.29. The minimum Gasteiger partial charge on any atom is -0.496 e. The number of carbonyl (C=O) groups excluding carboxylic acids is 1. The number of halogens is 1. The first kappa shape index (κ1) is 12.5. The number of amides is 1. The Morgan fingerprint density at radius 2 is 2.38 bits per heavy atom. The quantitative estimate of drug-likeness (QED) is 0.861. The van der Waals surface area contributed by atoms with Gasteiger partial charge in [-0.3, -0.25) is 4.79 Å². The highest BCUT2D eigenvalue weighted by Gasteiger charge is 2.07. The molecule has 1 aromatic carbocycles. The number of hydrogen-bond acceptors (Lipinski definition) is 3. The van der Waals surface area contributed by atoms with Crippen LogP contribution >= 0.6 is 15.9 Å². The van der Waals surface area contributed by atoms with Crippen LogP contribution in [0.5, 0.6) is 5.75 Å². The maximum atomic E-state index is 11.6. The normalized spacial score (nSPS) is 9.31. The smallest absolute Gasteiger partial charge is 0.251 e. The molecule has 1 aromatic rings. The molecular formula is C11H11BrN2O2. The highest BCUT2D eigenvalue weighted by atomic mass is 79.9. The molecule has 0 saturated heterocycles. The van der Waals surface area contributed by atoms with Crippen molar-refractivity contribution in [3.8, 4) is 11.8 Å². The predicted octanol–water partition coefficient (Wildman–Crippen LogP) is 2.10. The topological polar surface area (TPSA) is 62.1 Å². The van der Waals surface area contributed by atoms with Crippen LogP contribution in [0.3, 0.4) is 0 Å². The van der Waals surface area contributed by atoms with Crippen molar-refractivity contribution in [3.05, 3.63) is 28.2 Å². The Labute approximate surface area is 102 Å². The summed E-state index contributed by atoms with van der Waals surface area (Å²) < 4.78 is 5.78. The minimum absolute atomic E-state index is 0.196. The molecule has 0 atom stereocenters. The molecule has 0 fully saturated rings. The summed E-state index contributed by atoms with van der Waals surface area (Å²) in [6, 6.07) is 7.02. The number of benzene rings is 1. The maximum Gasteiger partial charge on any atom is 0.251 e. The number of ether oxygens (including phenoxy) is 1. The Morgan fingerprint density at radius 1 is 1.62 bits per heavy atom. The van der Waals surface area contributed by atoms with Gasteiger partial charge >= 0.3 is 0 Å². The molecule has 0 spiro atoms. The molecule has 4 nitrogen and oxygen atoms in total. The Hall–Kier alpha value is -1.54. The second-order valence-electron chi connectivity index (χ2n) is 3.01. The molecule has 0 aliphatic rings. The van der Waals surface area contributed by atoms with Crippen LogP contribution in [0.4, 0.5) is 0 Å². The zero-order chi connectivity index (χ0) is 12.0. The van der Waals surface area contributed by atoms with Gasteiger partial charge < -0.3 is 10.1 Å². The first-order valence-electron chi connectivity index (χ1n) is 4.67.